The van der Waals surface area contributed by atoms with E-state index in [2.05, 4.69) is 11.1 Å². The fraction of sp³-hybridized carbons (Fsp3) is 0.111. The number of aryl methyl sites for hydroxylation is 1. The first kappa shape index (κ1) is 15.3. The fourth-order valence-corrected chi connectivity index (χ4v) is 2.87. The van der Waals surface area contributed by atoms with Crippen molar-refractivity contribution in [2.24, 2.45) is 16.5 Å². The maximum absolute atomic E-state index is 12.0. The van der Waals surface area contributed by atoms with Crippen LogP contribution in [0.2, 0.25) is 5.02 Å². The van der Waals surface area contributed by atoms with Crippen molar-refractivity contribution in [3.63, 3.8) is 0 Å². The Morgan fingerprint density at radius 2 is 1.83 bits per heavy atom. The number of carbonyl (C=O) groups excluding carboxylic acids is 1. The summed E-state index contributed by atoms with van der Waals surface area (Å²) in [6.07, 6.45) is 4.09. The van der Waals surface area contributed by atoms with Crippen molar-refractivity contribution in [3.8, 4) is 0 Å². The lowest BCUT2D eigenvalue weighted by Crippen LogP contribution is -2.24. The molecular formula is C18H16ClN3O. The predicted octanol–water partition coefficient (Wildman–Crippen LogP) is 3.13. The van der Waals surface area contributed by atoms with E-state index in [-0.39, 0.29) is 5.96 Å². The highest BCUT2D eigenvalue weighted by Gasteiger charge is 2.16. The molecule has 0 saturated carbocycles. The fourth-order valence-electron chi connectivity index (χ4n) is 2.74. The second kappa shape index (κ2) is 6.26. The van der Waals surface area contributed by atoms with Crippen LogP contribution in [0, 0.1) is 0 Å². The van der Waals surface area contributed by atoms with Crippen LogP contribution in [0.1, 0.15) is 33.5 Å². The third-order valence-corrected chi connectivity index (χ3v) is 4.05. The van der Waals surface area contributed by atoms with Gasteiger partial charge in [0, 0.05) is 10.6 Å². The lowest BCUT2D eigenvalue weighted by atomic mass is 9.86. The molecule has 4 N–H and O–H groups in total. The van der Waals surface area contributed by atoms with Gasteiger partial charge in [0.1, 0.15) is 0 Å². The van der Waals surface area contributed by atoms with E-state index < -0.39 is 5.91 Å². The van der Waals surface area contributed by atoms with Gasteiger partial charge in [-0.1, -0.05) is 35.9 Å². The van der Waals surface area contributed by atoms with Gasteiger partial charge >= 0.3 is 0 Å². The third-order valence-electron chi connectivity index (χ3n) is 3.79. The maximum atomic E-state index is 12.0. The quantitative estimate of drug-likeness (QED) is 0.657. The summed E-state index contributed by atoms with van der Waals surface area (Å²) in [6, 6.07) is 13.3. The van der Waals surface area contributed by atoms with Gasteiger partial charge in [-0.3, -0.25) is 4.79 Å². The van der Waals surface area contributed by atoms with Gasteiger partial charge in [0.05, 0.1) is 0 Å². The standard InChI is InChI=1S/C18H16ClN3O/c19-14-8-6-12(7-9-14)15-3-1-2-11-4-5-13(10-16(11)15)17(23)22-18(20)21/h3-10H,1-2H2,(H4,20,21,22,23). The monoisotopic (exact) mass is 325 g/mol. The van der Waals surface area contributed by atoms with Gasteiger partial charge in [0.25, 0.3) is 5.91 Å². The number of hydrogen-bond donors (Lipinski definition) is 2. The van der Waals surface area contributed by atoms with E-state index in [4.69, 9.17) is 23.1 Å². The summed E-state index contributed by atoms with van der Waals surface area (Å²) in [5.41, 5.74) is 15.5. The van der Waals surface area contributed by atoms with Gasteiger partial charge in [-0.25, -0.2) is 0 Å². The molecule has 2 aromatic rings. The van der Waals surface area contributed by atoms with Crippen LogP contribution in [0.4, 0.5) is 0 Å². The van der Waals surface area contributed by atoms with Crippen LogP contribution in [0.3, 0.4) is 0 Å². The Morgan fingerprint density at radius 1 is 1.09 bits per heavy atom. The first-order valence-electron chi connectivity index (χ1n) is 7.28. The number of rotatable bonds is 2. The summed E-state index contributed by atoms with van der Waals surface area (Å²) < 4.78 is 0. The third kappa shape index (κ3) is 3.27. The smallest absolute Gasteiger partial charge is 0.280 e. The first-order valence-corrected chi connectivity index (χ1v) is 7.66. The zero-order valence-corrected chi connectivity index (χ0v) is 13.2. The van der Waals surface area contributed by atoms with Crippen molar-refractivity contribution in [1.29, 1.82) is 0 Å². The summed E-state index contributed by atoms with van der Waals surface area (Å²) in [4.78, 5) is 15.6. The number of aliphatic imine (C=N–C) groups is 1. The zero-order chi connectivity index (χ0) is 16.4. The zero-order valence-electron chi connectivity index (χ0n) is 12.4. The predicted molar refractivity (Wildman–Crippen MR) is 93.4 cm³/mol. The number of halogens is 1. The summed E-state index contributed by atoms with van der Waals surface area (Å²) in [6.45, 7) is 0. The molecule has 2 aromatic carbocycles. The van der Waals surface area contributed by atoms with Crippen molar-refractivity contribution in [2.75, 3.05) is 0 Å². The van der Waals surface area contributed by atoms with Crippen LogP contribution in [-0.4, -0.2) is 11.9 Å². The average Bonchev–Trinajstić information content (AvgIpc) is 2.54. The molecule has 0 bridgehead atoms. The molecule has 1 aliphatic carbocycles. The Morgan fingerprint density at radius 3 is 2.52 bits per heavy atom. The summed E-state index contributed by atoms with van der Waals surface area (Å²) >= 11 is 5.96. The number of nitrogens with zero attached hydrogens (tertiary/aromatic N) is 1. The average molecular weight is 326 g/mol. The molecule has 0 unspecified atom stereocenters. The SMILES string of the molecule is NC(N)=NC(=O)c1ccc2c(c1)C(c1ccc(Cl)cc1)=CCC2. The first-order chi connectivity index (χ1) is 11.0. The van der Waals surface area contributed by atoms with Crippen molar-refractivity contribution in [2.45, 2.75) is 12.8 Å². The molecule has 23 heavy (non-hydrogen) atoms. The second-order valence-corrected chi connectivity index (χ2v) is 5.81. The molecule has 0 saturated heterocycles. The summed E-state index contributed by atoms with van der Waals surface area (Å²) in [5.74, 6) is -0.671. The molecule has 4 nitrogen and oxygen atoms in total. The van der Waals surface area contributed by atoms with Crippen LogP contribution in [0.5, 0.6) is 0 Å². The number of benzene rings is 2. The number of amides is 1. The van der Waals surface area contributed by atoms with E-state index in [1.165, 1.54) is 5.56 Å². The Hall–Kier alpha value is -2.59. The molecule has 0 heterocycles. The molecule has 0 radical (unpaired) electrons. The van der Waals surface area contributed by atoms with Gasteiger partial charge < -0.3 is 11.5 Å². The van der Waals surface area contributed by atoms with E-state index in [1.807, 2.05) is 36.4 Å². The molecule has 3 rings (SSSR count). The minimum absolute atomic E-state index is 0.235. The maximum Gasteiger partial charge on any atom is 0.280 e. The highest BCUT2D eigenvalue weighted by molar-refractivity contribution is 6.30. The lowest BCUT2D eigenvalue weighted by Gasteiger charge is -2.19. The van der Waals surface area contributed by atoms with Crippen LogP contribution < -0.4 is 11.5 Å². The number of guanidine groups is 1. The van der Waals surface area contributed by atoms with Crippen molar-refractivity contribution in [1.82, 2.24) is 0 Å². The molecule has 116 valence electrons. The molecule has 0 aromatic heterocycles. The van der Waals surface area contributed by atoms with Crippen LogP contribution in [0.25, 0.3) is 5.57 Å². The molecular weight excluding hydrogens is 310 g/mol. The van der Waals surface area contributed by atoms with E-state index in [0.717, 1.165) is 29.5 Å². The molecule has 0 fully saturated rings. The van der Waals surface area contributed by atoms with E-state index in [0.29, 0.717) is 10.6 Å². The normalized spacial score (nSPS) is 13.0. The van der Waals surface area contributed by atoms with Gasteiger partial charge in [0.15, 0.2) is 5.96 Å². The molecule has 1 aliphatic rings. The Balaban J connectivity index is 2.05. The number of carbonyl (C=O) groups is 1. The van der Waals surface area contributed by atoms with Gasteiger partial charge in [0.2, 0.25) is 0 Å². The number of nitrogens with two attached hydrogens (primary N) is 2. The Bertz CT molecular complexity index is 819. The topological polar surface area (TPSA) is 81.5 Å². The number of hydrogen-bond acceptors (Lipinski definition) is 1. The summed E-state index contributed by atoms with van der Waals surface area (Å²) in [5, 5.41) is 0.696. The molecule has 0 aliphatic heterocycles. The van der Waals surface area contributed by atoms with Crippen LogP contribution >= 0.6 is 11.6 Å². The highest BCUT2D eigenvalue weighted by Crippen LogP contribution is 2.33. The molecule has 5 heteroatoms. The minimum Gasteiger partial charge on any atom is -0.370 e. The number of fused-ring (bicyclic) bond motifs is 1. The van der Waals surface area contributed by atoms with E-state index >= 15 is 0 Å². The molecule has 1 amide bonds. The van der Waals surface area contributed by atoms with Gasteiger partial charge in [-0.05, 0) is 59.4 Å². The van der Waals surface area contributed by atoms with Crippen LogP contribution in [0.15, 0.2) is 53.5 Å². The second-order valence-electron chi connectivity index (χ2n) is 5.38. The van der Waals surface area contributed by atoms with Crippen LogP contribution in [-0.2, 0) is 6.42 Å². The largest absolute Gasteiger partial charge is 0.370 e. The van der Waals surface area contributed by atoms with Gasteiger partial charge in [-0.2, -0.15) is 4.99 Å². The van der Waals surface area contributed by atoms with Crippen molar-refractivity contribution >= 4 is 29.0 Å². The Kier molecular flexibility index (Phi) is 4.17. The highest BCUT2D eigenvalue weighted by atomic mass is 35.5. The lowest BCUT2D eigenvalue weighted by molar-refractivity contribution is 0.100. The van der Waals surface area contributed by atoms with Gasteiger partial charge in [-0.15, -0.1) is 0 Å². The van der Waals surface area contributed by atoms with E-state index in [1.54, 1.807) is 6.07 Å². The number of allylic oxidation sites excluding steroid dienone is 1. The molecule has 0 spiro atoms. The van der Waals surface area contributed by atoms with Crippen molar-refractivity contribution in [3.05, 3.63) is 75.8 Å². The summed E-state index contributed by atoms with van der Waals surface area (Å²) in [7, 11) is 0. The Labute approximate surface area is 139 Å². The molecule has 0 atom stereocenters. The van der Waals surface area contributed by atoms with E-state index in [9.17, 15) is 4.79 Å². The van der Waals surface area contributed by atoms with Crippen molar-refractivity contribution < 1.29 is 4.79 Å². The minimum atomic E-state index is -0.436.